The quantitative estimate of drug-likeness (QED) is 0.386. The van der Waals surface area contributed by atoms with Crippen molar-refractivity contribution in [2.24, 2.45) is 0 Å². The number of hydrogen-bond acceptors (Lipinski definition) is 7. The lowest BCUT2D eigenvalue weighted by Crippen LogP contribution is -2.43. The van der Waals surface area contributed by atoms with E-state index in [9.17, 15) is 4.79 Å². The zero-order valence-corrected chi connectivity index (χ0v) is 18.8. The van der Waals surface area contributed by atoms with Crippen LogP contribution in [0.25, 0.3) is 22.4 Å². The fraction of sp³-hybridized carbons (Fsp3) is 0.211. The molecule has 0 spiro atoms. The molecule has 2 N–H and O–H groups in total. The Labute approximate surface area is 184 Å². The molecular formula is C19H19BrN8OS. The first-order valence-corrected chi connectivity index (χ1v) is 11.1. The number of anilines is 1. The van der Waals surface area contributed by atoms with E-state index in [1.807, 2.05) is 13.2 Å². The van der Waals surface area contributed by atoms with Gasteiger partial charge in [-0.15, -0.1) is 0 Å². The van der Waals surface area contributed by atoms with E-state index in [-0.39, 0.29) is 5.56 Å². The predicted molar refractivity (Wildman–Crippen MR) is 124 cm³/mol. The van der Waals surface area contributed by atoms with Crippen LogP contribution in [0.15, 0.2) is 53.4 Å². The Morgan fingerprint density at radius 1 is 1.43 bits per heavy atom. The van der Waals surface area contributed by atoms with Crippen LogP contribution in [-0.2, 0) is 5.54 Å². The lowest BCUT2D eigenvalue weighted by Gasteiger charge is -2.32. The van der Waals surface area contributed by atoms with Crippen LogP contribution in [0.3, 0.4) is 0 Å². The minimum absolute atomic E-state index is 0.245. The summed E-state index contributed by atoms with van der Waals surface area (Å²) >= 11 is 5.04. The van der Waals surface area contributed by atoms with Gasteiger partial charge in [0.2, 0.25) is 0 Å². The van der Waals surface area contributed by atoms with E-state index in [1.165, 1.54) is 17.0 Å². The van der Waals surface area contributed by atoms with Gasteiger partial charge in [0.05, 0.1) is 10.8 Å². The average Bonchev–Trinajstić information content (AvgIpc) is 3.35. The van der Waals surface area contributed by atoms with Crippen molar-refractivity contribution in [1.29, 1.82) is 0 Å². The third kappa shape index (κ3) is 3.23. The Kier molecular flexibility index (Phi) is 5.24. The van der Waals surface area contributed by atoms with E-state index in [1.54, 1.807) is 34.9 Å². The summed E-state index contributed by atoms with van der Waals surface area (Å²) in [5.41, 5.74) is 1.04. The number of imidazole rings is 1. The van der Waals surface area contributed by atoms with Crippen LogP contribution in [0.2, 0.25) is 0 Å². The van der Waals surface area contributed by atoms with Crippen molar-refractivity contribution in [2.75, 3.05) is 17.3 Å². The third-order valence-corrected chi connectivity index (χ3v) is 6.21. The monoisotopic (exact) mass is 486 g/mol. The molecule has 0 radical (unpaired) electrons. The number of fused-ring (bicyclic) bond motifs is 2. The lowest BCUT2D eigenvalue weighted by molar-refractivity contribution is 0.531. The molecule has 0 aliphatic rings. The molecule has 0 bridgehead atoms. The van der Waals surface area contributed by atoms with Gasteiger partial charge >= 0.3 is 0 Å². The highest BCUT2D eigenvalue weighted by molar-refractivity contribution is 9.10. The zero-order chi connectivity index (χ0) is 21.5. The van der Waals surface area contributed by atoms with Crippen molar-refractivity contribution in [3.05, 3.63) is 64.8 Å². The molecular weight excluding hydrogens is 468 g/mol. The van der Waals surface area contributed by atoms with Crippen LogP contribution in [-0.4, -0.2) is 46.1 Å². The number of nitrogens with one attached hydrogen (secondary N) is 2. The normalized spacial score (nSPS) is 13.4. The summed E-state index contributed by atoms with van der Waals surface area (Å²) in [6.45, 7) is 9.77. The van der Waals surface area contributed by atoms with Crippen molar-refractivity contribution in [3.8, 4) is 0 Å². The van der Waals surface area contributed by atoms with Crippen molar-refractivity contribution >= 4 is 55.9 Å². The number of nitrogens with zero attached hydrogens (tertiary/aromatic N) is 6. The number of aromatic nitrogens is 7. The van der Waals surface area contributed by atoms with Gasteiger partial charge < -0.3 is 10.3 Å². The van der Waals surface area contributed by atoms with Crippen LogP contribution in [0.4, 0.5) is 5.82 Å². The Morgan fingerprint density at radius 3 is 2.97 bits per heavy atom. The first-order chi connectivity index (χ1) is 14.4. The van der Waals surface area contributed by atoms with Gasteiger partial charge in [0.25, 0.3) is 5.56 Å². The molecule has 1 unspecified atom stereocenters. The summed E-state index contributed by atoms with van der Waals surface area (Å²) < 4.78 is 3.72. The summed E-state index contributed by atoms with van der Waals surface area (Å²) in [5.74, 6) is 1.64. The average molecular weight is 487 g/mol. The molecule has 0 saturated heterocycles. The largest absolute Gasteiger partial charge is 0.355 e. The Balaban J connectivity index is 1.98. The first kappa shape index (κ1) is 20.4. The van der Waals surface area contributed by atoms with E-state index in [2.05, 4.69) is 54.3 Å². The van der Waals surface area contributed by atoms with Crippen molar-refractivity contribution in [2.45, 2.75) is 12.5 Å². The number of hydrogen-bond donors (Lipinski definition) is 2. The minimum Gasteiger partial charge on any atom is -0.355 e. The van der Waals surface area contributed by atoms with Crippen LogP contribution in [0.1, 0.15) is 12.7 Å². The van der Waals surface area contributed by atoms with E-state index in [0.717, 1.165) is 0 Å². The maximum atomic E-state index is 13.4. The van der Waals surface area contributed by atoms with Crippen LogP contribution < -0.4 is 10.9 Å². The van der Waals surface area contributed by atoms with Gasteiger partial charge in [-0.3, -0.25) is 9.36 Å². The van der Waals surface area contributed by atoms with Crippen molar-refractivity contribution < 1.29 is 0 Å². The predicted octanol–water partition coefficient (Wildman–Crippen LogP) is 3.27. The molecule has 0 amide bonds. The van der Waals surface area contributed by atoms with Gasteiger partial charge in [-0.05, 0) is 41.3 Å². The summed E-state index contributed by atoms with van der Waals surface area (Å²) in [6.07, 6.45) is 8.27. The standard InChI is InChI=1S/C19H19BrN8OS/c1-5-11(2)28-17(29)14-12(20)6-7-27(14)26-18(28)19(3,8-30-4)25-16-13-15(22-9-21-13)23-10-24-16/h5-7,9-10H,1-2,8H2,3-4H3,(H2,21,22,23,24,25). The molecule has 4 rings (SSSR count). The molecule has 9 nitrogen and oxygen atoms in total. The number of H-pyrrole nitrogens is 1. The molecule has 0 aliphatic heterocycles. The summed E-state index contributed by atoms with van der Waals surface area (Å²) in [5, 5.41) is 8.23. The van der Waals surface area contributed by atoms with Gasteiger partial charge in [0.1, 0.15) is 22.9 Å². The molecule has 0 aliphatic carbocycles. The molecule has 4 aromatic rings. The van der Waals surface area contributed by atoms with Gasteiger partial charge in [-0.25, -0.2) is 19.5 Å². The number of allylic oxidation sites excluding steroid dienone is 2. The topological polar surface area (TPSA) is 106 Å². The number of aromatic amines is 1. The summed E-state index contributed by atoms with van der Waals surface area (Å²) in [6, 6.07) is 1.78. The second-order valence-electron chi connectivity index (χ2n) is 6.83. The van der Waals surface area contributed by atoms with Crippen molar-refractivity contribution in [1.82, 2.24) is 34.1 Å². The van der Waals surface area contributed by atoms with E-state index >= 15 is 0 Å². The van der Waals surface area contributed by atoms with E-state index in [4.69, 9.17) is 5.10 Å². The highest BCUT2D eigenvalue weighted by atomic mass is 79.9. The second-order valence-corrected chi connectivity index (χ2v) is 8.55. The highest BCUT2D eigenvalue weighted by Gasteiger charge is 2.34. The first-order valence-electron chi connectivity index (χ1n) is 8.93. The summed E-state index contributed by atoms with van der Waals surface area (Å²) in [4.78, 5) is 29.2. The molecule has 30 heavy (non-hydrogen) atoms. The van der Waals surface area contributed by atoms with Crippen LogP contribution >= 0.6 is 27.7 Å². The zero-order valence-electron chi connectivity index (χ0n) is 16.4. The Bertz CT molecular complexity index is 1340. The van der Waals surface area contributed by atoms with E-state index < -0.39 is 5.54 Å². The highest BCUT2D eigenvalue weighted by Crippen LogP contribution is 2.30. The smallest absolute Gasteiger partial charge is 0.283 e. The fourth-order valence-corrected chi connectivity index (χ4v) is 4.56. The molecule has 0 fully saturated rings. The van der Waals surface area contributed by atoms with Gasteiger partial charge in [0.15, 0.2) is 17.3 Å². The molecule has 154 valence electrons. The van der Waals surface area contributed by atoms with Gasteiger partial charge in [-0.2, -0.15) is 16.9 Å². The van der Waals surface area contributed by atoms with E-state index in [0.29, 0.717) is 44.2 Å². The molecule has 11 heteroatoms. The summed E-state index contributed by atoms with van der Waals surface area (Å²) in [7, 11) is 0. The number of rotatable bonds is 7. The maximum Gasteiger partial charge on any atom is 0.283 e. The van der Waals surface area contributed by atoms with Crippen molar-refractivity contribution in [3.63, 3.8) is 0 Å². The number of halogens is 1. The molecule has 0 aromatic carbocycles. The lowest BCUT2D eigenvalue weighted by atomic mass is 10.0. The molecule has 4 heterocycles. The molecule has 1 atom stereocenters. The van der Waals surface area contributed by atoms with Crippen LogP contribution in [0.5, 0.6) is 0 Å². The van der Waals surface area contributed by atoms with Gasteiger partial charge in [-0.1, -0.05) is 13.2 Å². The minimum atomic E-state index is -0.790. The fourth-order valence-electron chi connectivity index (χ4n) is 3.31. The number of thioether (sulfide) groups is 1. The molecule has 0 saturated carbocycles. The Hall–Kier alpha value is -2.92. The Morgan fingerprint density at radius 2 is 2.23 bits per heavy atom. The van der Waals surface area contributed by atoms with Gasteiger partial charge in [0, 0.05) is 17.6 Å². The second kappa shape index (κ2) is 7.73. The molecule has 4 aromatic heterocycles. The maximum absolute atomic E-state index is 13.4. The SMILES string of the molecule is C=CC(=C)n1c(C(C)(CSC)Nc2ncnc3nc[nH]c23)nn2ccc(Br)c2c1=O. The van der Waals surface area contributed by atoms with Crippen LogP contribution in [0, 0.1) is 0 Å². The third-order valence-electron chi connectivity index (χ3n) is 4.70.